The smallest absolute Gasteiger partial charge is 0.408 e. The van der Waals surface area contributed by atoms with Gasteiger partial charge in [-0.2, -0.15) is 0 Å². The molecular weight excluding hydrogens is 448 g/mol. The molecule has 0 atom stereocenters. The van der Waals surface area contributed by atoms with Gasteiger partial charge in [0.15, 0.2) is 0 Å². The maximum atomic E-state index is 13.1. The predicted octanol–water partition coefficient (Wildman–Crippen LogP) is 4.45. The van der Waals surface area contributed by atoms with Crippen molar-refractivity contribution < 1.29 is 28.6 Å². The molecule has 2 aromatic carbocycles. The minimum Gasteiger partial charge on any atom is -0.475 e. The zero-order valence-electron chi connectivity index (χ0n) is 19.1. The maximum absolute atomic E-state index is 13.1. The Bertz CT molecular complexity index is 1230. The fourth-order valence-electron chi connectivity index (χ4n) is 5.14. The third kappa shape index (κ3) is 4.39. The van der Waals surface area contributed by atoms with E-state index in [4.69, 9.17) is 14.3 Å². The predicted molar refractivity (Wildman–Crippen MR) is 127 cm³/mol. The molecule has 0 radical (unpaired) electrons. The van der Waals surface area contributed by atoms with E-state index in [1.54, 1.807) is 0 Å². The molecule has 35 heavy (non-hydrogen) atoms. The fourth-order valence-corrected chi connectivity index (χ4v) is 5.14. The Hall–Kier alpha value is -4.07. The van der Waals surface area contributed by atoms with Gasteiger partial charge in [0.25, 0.3) is 0 Å². The Morgan fingerprint density at radius 2 is 1.57 bits per heavy atom. The lowest BCUT2D eigenvalue weighted by Crippen LogP contribution is -2.57. The van der Waals surface area contributed by atoms with Gasteiger partial charge >= 0.3 is 12.1 Å². The molecule has 0 spiro atoms. The average Bonchev–Trinajstić information content (AvgIpc) is 3.60. The van der Waals surface area contributed by atoms with Crippen LogP contribution in [0, 0.1) is 0 Å². The minimum atomic E-state index is -1.17. The molecule has 5 rings (SSSR count). The molecule has 1 heterocycles. The number of carboxylic acids is 1. The van der Waals surface area contributed by atoms with Crippen molar-refractivity contribution in [3.8, 4) is 11.1 Å². The van der Waals surface area contributed by atoms with Gasteiger partial charge in [0, 0.05) is 5.92 Å². The van der Waals surface area contributed by atoms with Crippen LogP contribution >= 0.6 is 0 Å². The molecule has 8 nitrogen and oxygen atoms in total. The number of carboxylic acid groups (broad SMARTS) is 1. The first-order chi connectivity index (χ1) is 17.0. The SMILES string of the molecule is O=C(NC1(C(=O)NCc2ccc(C(=O)O)o2)CCCC1)OCC1c2ccccc2-c2ccccc21. The highest BCUT2D eigenvalue weighted by Gasteiger charge is 2.43. The summed E-state index contributed by atoms with van der Waals surface area (Å²) in [5, 5.41) is 14.6. The number of carbonyl (C=O) groups is 3. The molecule has 2 aliphatic carbocycles. The lowest BCUT2D eigenvalue weighted by atomic mass is 9.96. The number of nitrogens with one attached hydrogen (secondary N) is 2. The summed E-state index contributed by atoms with van der Waals surface area (Å²) in [6.45, 7) is 0.197. The molecule has 3 aromatic rings. The second-order valence-corrected chi connectivity index (χ2v) is 8.99. The van der Waals surface area contributed by atoms with Crippen LogP contribution in [-0.2, 0) is 16.1 Å². The molecular formula is C27H26N2O6. The van der Waals surface area contributed by atoms with E-state index >= 15 is 0 Å². The zero-order chi connectivity index (χ0) is 24.4. The summed E-state index contributed by atoms with van der Waals surface area (Å²) in [5.41, 5.74) is 3.47. The second kappa shape index (κ2) is 9.29. The summed E-state index contributed by atoms with van der Waals surface area (Å²) in [6.07, 6.45) is 1.99. The number of alkyl carbamates (subject to hydrolysis) is 1. The van der Waals surface area contributed by atoms with E-state index < -0.39 is 17.6 Å². The number of amides is 2. The quantitative estimate of drug-likeness (QED) is 0.466. The van der Waals surface area contributed by atoms with Crippen LogP contribution in [0.1, 0.15) is 59.0 Å². The Balaban J connectivity index is 1.23. The lowest BCUT2D eigenvalue weighted by Gasteiger charge is -2.28. The molecule has 1 saturated carbocycles. The first kappa shape index (κ1) is 22.7. The third-order valence-electron chi connectivity index (χ3n) is 6.87. The Labute approximate surface area is 202 Å². The van der Waals surface area contributed by atoms with Crippen molar-refractivity contribution in [2.75, 3.05) is 6.61 Å². The lowest BCUT2D eigenvalue weighted by molar-refractivity contribution is -0.127. The highest BCUT2D eigenvalue weighted by Crippen LogP contribution is 2.44. The number of rotatable bonds is 7. The largest absolute Gasteiger partial charge is 0.475 e. The zero-order valence-corrected chi connectivity index (χ0v) is 19.1. The highest BCUT2D eigenvalue weighted by molar-refractivity contribution is 5.90. The first-order valence-corrected chi connectivity index (χ1v) is 11.7. The number of furan rings is 1. The van der Waals surface area contributed by atoms with E-state index in [-0.39, 0.29) is 30.7 Å². The third-order valence-corrected chi connectivity index (χ3v) is 6.87. The van der Waals surface area contributed by atoms with Gasteiger partial charge in [0.05, 0.1) is 6.54 Å². The van der Waals surface area contributed by atoms with Gasteiger partial charge in [0.2, 0.25) is 11.7 Å². The van der Waals surface area contributed by atoms with Crippen molar-refractivity contribution in [2.24, 2.45) is 0 Å². The Kier molecular flexibility index (Phi) is 6.03. The second-order valence-electron chi connectivity index (χ2n) is 8.99. The van der Waals surface area contributed by atoms with Crippen LogP contribution < -0.4 is 10.6 Å². The topological polar surface area (TPSA) is 118 Å². The summed E-state index contributed by atoms with van der Waals surface area (Å²) in [7, 11) is 0. The van der Waals surface area contributed by atoms with Crippen LogP contribution in [0.5, 0.6) is 0 Å². The van der Waals surface area contributed by atoms with Crippen LogP contribution in [0.15, 0.2) is 65.1 Å². The van der Waals surface area contributed by atoms with E-state index in [1.807, 2.05) is 24.3 Å². The maximum Gasteiger partial charge on any atom is 0.408 e. The molecule has 1 aromatic heterocycles. The van der Waals surface area contributed by atoms with Crippen molar-refractivity contribution in [2.45, 2.75) is 43.7 Å². The van der Waals surface area contributed by atoms with E-state index in [0.29, 0.717) is 18.6 Å². The summed E-state index contributed by atoms with van der Waals surface area (Å²) >= 11 is 0. The number of ether oxygens (including phenoxy) is 1. The monoisotopic (exact) mass is 474 g/mol. The van der Waals surface area contributed by atoms with Crippen LogP contribution in [0.25, 0.3) is 11.1 Å². The average molecular weight is 475 g/mol. The van der Waals surface area contributed by atoms with Crippen molar-refractivity contribution in [3.05, 3.63) is 83.3 Å². The number of carbonyl (C=O) groups excluding carboxylic acids is 2. The molecule has 1 fully saturated rings. The number of hydrogen-bond donors (Lipinski definition) is 3. The van der Waals surface area contributed by atoms with Gasteiger partial charge in [-0.05, 0) is 47.2 Å². The summed E-state index contributed by atoms with van der Waals surface area (Å²) < 4.78 is 10.9. The van der Waals surface area contributed by atoms with Crippen molar-refractivity contribution in [1.82, 2.24) is 10.6 Å². The number of fused-ring (bicyclic) bond motifs is 3. The molecule has 0 bridgehead atoms. The molecule has 180 valence electrons. The number of benzene rings is 2. The molecule has 0 aliphatic heterocycles. The van der Waals surface area contributed by atoms with Gasteiger partial charge in [-0.15, -0.1) is 0 Å². The standard InChI is InChI=1S/C27H26N2O6/c30-24(31)23-12-11-17(35-23)15-28-25(32)27(13-5-6-14-27)29-26(33)34-16-22-20-9-3-1-7-18(20)19-8-2-4-10-21(19)22/h1-4,7-12,22H,5-6,13-16H2,(H,28,32)(H,29,33)(H,30,31). The molecule has 2 amide bonds. The van der Waals surface area contributed by atoms with E-state index in [0.717, 1.165) is 35.1 Å². The van der Waals surface area contributed by atoms with Crippen molar-refractivity contribution >= 4 is 18.0 Å². The molecule has 2 aliphatic rings. The molecule has 3 N–H and O–H groups in total. The Morgan fingerprint density at radius 3 is 2.17 bits per heavy atom. The summed E-state index contributed by atoms with van der Waals surface area (Å²) in [4.78, 5) is 36.9. The van der Waals surface area contributed by atoms with E-state index in [2.05, 4.69) is 34.9 Å². The number of hydrogen-bond acceptors (Lipinski definition) is 5. The van der Waals surface area contributed by atoms with Crippen LogP contribution in [0.4, 0.5) is 4.79 Å². The fraction of sp³-hybridized carbons (Fsp3) is 0.296. The van der Waals surface area contributed by atoms with Gasteiger partial charge in [0.1, 0.15) is 17.9 Å². The molecule has 0 saturated heterocycles. The van der Waals surface area contributed by atoms with Crippen molar-refractivity contribution in [1.29, 1.82) is 0 Å². The number of aromatic carboxylic acids is 1. The molecule has 8 heteroatoms. The normalized spacial score (nSPS) is 15.8. The van der Waals surface area contributed by atoms with Gasteiger partial charge in [-0.25, -0.2) is 9.59 Å². The van der Waals surface area contributed by atoms with E-state index in [1.165, 1.54) is 12.1 Å². The van der Waals surface area contributed by atoms with Crippen LogP contribution in [0.3, 0.4) is 0 Å². The van der Waals surface area contributed by atoms with Crippen molar-refractivity contribution in [3.63, 3.8) is 0 Å². The highest BCUT2D eigenvalue weighted by atomic mass is 16.5. The Morgan fingerprint density at radius 1 is 0.943 bits per heavy atom. The first-order valence-electron chi connectivity index (χ1n) is 11.7. The van der Waals surface area contributed by atoms with Crippen LogP contribution in [-0.4, -0.2) is 35.2 Å². The van der Waals surface area contributed by atoms with Gasteiger partial charge in [-0.1, -0.05) is 61.4 Å². The molecule has 0 unspecified atom stereocenters. The summed E-state index contributed by atoms with van der Waals surface area (Å²) in [5.74, 6) is -1.45. The van der Waals surface area contributed by atoms with Crippen LogP contribution in [0.2, 0.25) is 0 Å². The van der Waals surface area contributed by atoms with Gasteiger partial charge in [-0.3, -0.25) is 4.79 Å². The van der Waals surface area contributed by atoms with E-state index in [9.17, 15) is 14.4 Å². The minimum absolute atomic E-state index is 0.0280. The van der Waals surface area contributed by atoms with Gasteiger partial charge < -0.3 is 24.9 Å². The summed E-state index contributed by atoms with van der Waals surface area (Å²) in [6, 6.07) is 19.1.